The molecule has 4 rings (SSSR count). The maximum absolute atomic E-state index is 12.0. The zero-order valence-corrected chi connectivity index (χ0v) is 19.2. The summed E-state index contributed by atoms with van der Waals surface area (Å²) in [6.07, 6.45) is 14.2. The number of nitrogens with zero attached hydrogens (tertiary/aromatic N) is 4. The Kier molecular flexibility index (Phi) is 6.80. The van der Waals surface area contributed by atoms with Gasteiger partial charge in [0, 0.05) is 36.6 Å². The molecule has 9 heteroatoms. The standard InChI is InChI=1S/C23H31N6O2S/c1-18(14-19-8-3-2-4-9-19)27-15-20-10-5-6-11-21(20)29(23-25-12-7-13-26-23)16-22(28-17-29)32(24,30)31/h5-7,10-13,16-19,27H,2-4,8-9,14-15H2,1H3,(H2,24,30,31)/q+1/t18-,29?/m0/s1. The van der Waals surface area contributed by atoms with Crippen LogP contribution in [0.25, 0.3) is 0 Å². The summed E-state index contributed by atoms with van der Waals surface area (Å²) in [5.74, 6) is 1.20. The summed E-state index contributed by atoms with van der Waals surface area (Å²) in [6, 6.07) is 9.99. The van der Waals surface area contributed by atoms with E-state index in [-0.39, 0.29) is 9.51 Å². The Balaban J connectivity index is 1.63. The lowest BCUT2D eigenvalue weighted by Gasteiger charge is -2.27. The molecule has 2 heterocycles. The van der Waals surface area contributed by atoms with Crippen molar-refractivity contribution in [3.63, 3.8) is 0 Å². The van der Waals surface area contributed by atoms with E-state index >= 15 is 0 Å². The van der Waals surface area contributed by atoms with Crippen molar-refractivity contribution in [2.24, 2.45) is 16.0 Å². The Labute approximate surface area is 189 Å². The minimum Gasteiger partial charge on any atom is -0.310 e. The van der Waals surface area contributed by atoms with Crippen LogP contribution in [0.1, 0.15) is 51.0 Å². The van der Waals surface area contributed by atoms with Gasteiger partial charge in [-0.15, -0.1) is 0 Å². The summed E-state index contributed by atoms with van der Waals surface area (Å²) < 4.78 is 23.9. The molecule has 1 aromatic heterocycles. The highest BCUT2D eigenvalue weighted by Crippen LogP contribution is 2.38. The van der Waals surface area contributed by atoms with E-state index in [1.54, 1.807) is 18.5 Å². The van der Waals surface area contributed by atoms with Gasteiger partial charge in [0.2, 0.25) is 11.4 Å². The van der Waals surface area contributed by atoms with Crippen molar-refractivity contribution < 1.29 is 8.42 Å². The van der Waals surface area contributed by atoms with E-state index in [4.69, 9.17) is 5.14 Å². The van der Waals surface area contributed by atoms with Gasteiger partial charge in [0.15, 0.2) is 11.9 Å². The van der Waals surface area contributed by atoms with Crippen LogP contribution < -0.4 is 14.9 Å². The SMILES string of the molecule is C[C@@H](CC1CCCCC1)NCc1ccccc1[N+]1(c2ncccn2)C=NC(S(N)(=O)=O)=C1. The van der Waals surface area contributed by atoms with E-state index in [0.29, 0.717) is 18.5 Å². The summed E-state index contributed by atoms with van der Waals surface area (Å²) in [5, 5.41) is 8.84. The molecule has 0 saturated heterocycles. The van der Waals surface area contributed by atoms with Gasteiger partial charge in [0.25, 0.3) is 10.0 Å². The molecule has 2 atom stereocenters. The van der Waals surface area contributed by atoms with Gasteiger partial charge in [0.05, 0.1) is 0 Å². The van der Waals surface area contributed by atoms with Gasteiger partial charge in [-0.3, -0.25) is 0 Å². The zero-order chi connectivity index (χ0) is 22.6. The Morgan fingerprint density at radius 2 is 1.84 bits per heavy atom. The topological polar surface area (TPSA) is 110 Å². The minimum atomic E-state index is -3.97. The Hall–Kier alpha value is -2.46. The number of benzene rings is 1. The molecule has 0 radical (unpaired) electrons. The van der Waals surface area contributed by atoms with Gasteiger partial charge in [-0.1, -0.05) is 50.3 Å². The molecule has 170 valence electrons. The normalized spacial score (nSPS) is 22.6. The smallest absolute Gasteiger partial charge is 0.310 e. The van der Waals surface area contributed by atoms with Gasteiger partial charge >= 0.3 is 5.95 Å². The van der Waals surface area contributed by atoms with Crippen LogP contribution in [0, 0.1) is 5.92 Å². The molecule has 1 aliphatic carbocycles. The molecule has 0 spiro atoms. The van der Waals surface area contributed by atoms with Crippen LogP contribution in [-0.2, 0) is 16.6 Å². The van der Waals surface area contributed by atoms with Crippen molar-refractivity contribution in [2.75, 3.05) is 0 Å². The summed E-state index contributed by atoms with van der Waals surface area (Å²) in [6.45, 7) is 2.88. The summed E-state index contributed by atoms with van der Waals surface area (Å²) in [7, 11) is -3.97. The molecule has 1 saturated carbocycles. The van der Waals surface area contributed by atoms with E-state index in [2.05, 4.69) is 27.2 Å². The van der Waals surface area contributed by atoms with Crippen LogP contribution in [0.3, 0.4) is 0 Å². The molecule has 0 amide bonds. The van der Waals surface area contributed by atoms with Crippen LogP contribution in [-0.4, -0.2) is 30.8 Å². The summed E-state index contributed by atoms with van der Waals surface area (Å²) >= 11 is 0. The van der Waals surface area contributed by atoms with Crippen molar-refractivity contribution in [1.82, 2.24) is 19.8 Å². The molecule has 8 nitrogen and oxygen atoms in total. The van der Waals surface area contributed by atoms with Crippen LogP contribution in [0.5, 0.6) is 0 Å². The number of hydrogen-bond acceptors (Lipinski definition) is 6. The molecule has 32 heavy (non-hydrogen) atoms. The molecule has 2 aromatic rings. The fraction of sp³-hybridized carbons (Fsp3) is 0.435. The lowest BCUT2D eigenvalue weighted by Crippen LogP contribution is -2.38. The highest BCUT2D eigenvalue weighted by Gasteiger charge is 2.42. The fourth-order valence-corrected chi connectivity index (χ4v) is 5.19. The maximum Gasteiger partial charge on any atom is 0.344 e. The first-order valence-corrected chi connectivity index (χ1v) is 12.7. The van der Waals surface area contributed by atoms with Crippen LogP contribution in [0.15, 0.2) is 58.9 Å². The monoisotopic (exact) mass is 455 g/mol. The van der Waals surface area contributed by atoms with Crippen LogP contribution in [0.2, 0.25) is 0 Å². The van der Waals surface area contributed by atoms with Gasteiger partial charge in [-0.2, -0.15) is 19.4 Å². The van der Waals surface area contributed by atoms with Crippen molar-refractivity contribution in [3.05, 3.63) is 59.5 Å². The van der Waals surface area contributed by atoms with Gasteiger partial charge in [0.1, 0.15) is 0 Å². The van der Waals surface area contributed by atoms with E-state index < -0.39 is 10.0 Å². The van der Waals surface area contributed by atoms with Crippen LogP contribution in [0.4, 0.5) is 11.6 Å². The number of rotatable bonds is 8. The van der Waals surface area contributed by atoms with E-state index in [1.807, 2.05) is 24.3 Å². The second-order valence-corrected chi connectivity index (χ2v) is 10.2. The number of aromatic nitrogens is 2. The summed E-state index contributed by atoms with van der Waals surface area (Å²) in [4.78, 5) is 12.9. The highest BCUT2D eigenvalue weighted by atomic mass is 32.2. The molecule has 1 aliphatic heterocycles. The molecule has 0 bridgehead atoms. The van der Waals surface area contributed by atoms with E-state index in [1.165, 1.54) is 51.1 Å². The molecular weight excluding hydrogens is 424 g/mol. The average molecular weight is 456 g/mol. The van der Waals surface area contributed by atoms with Gasteiger partial charge < -0.3 is 5.32 Å². The predicted octanol–water partition coefficient (Wildman–Crippen LogP) is 3.69. The third kappa shape index (κ3) is 4.96. The van der Waals surface area contributed by atoms with Crippen LogP contribution >= 0.6 is 0 Å². The molecule has 2 aliphatic rings. The predicted molar refractivity (Wildman–Crippen MR) is 127 cm³/mol. The van der Waals surface area contributed by atoms with E-state index in [0.717, 1.165) is 17.2 Å². The fourth-order valence-electron chi connectivity index (χ4n) is 4.68. The molecule has 1 aromatic carbocycles. The third-order valence-corrected chi connectivity index (χ3v) is 7.09. The first kappa shape index (κ1) is 22.7. The first-order valence-electron chi connectivity index (χ1n) is 11.2. The first-order chi connectivity index (χ1) is 15.4. The maximum atomic E-state index is 12.0. The number of nitrogens with two attached hydrogens (primary N) is 1. The highest BCUT2D eigenvalue weighted by molar-refractivity contribution is 7.93. The Bertz CT molecular complexity index is 1100. The number of para-hydroxylation sites is 1. The third-order valence-electron chi connectivity index (χ3n) is 6.30. The number of primary sulfonamides is 1. The molecule has 1 fully saturated rings. The number of quaternary nitrogens is 1. The quantitative estimate of drug-likeness (QED) is 0.590. The van der Waals surface area contributed by atoms with Crippen molar-refractivity contribution in [3.8, 4) is 0 Å². The van der Waals surface area contributed by atoms with Gasteiger partial charge in [-0.05, 0) is 25.3 Å². The average Bonchev–Trinajstić information content (AvgIpc) is 3.26. The molecule has 1 unspecified atom stereocenters. The molecular formula is C23H31N6O2S+. The summed E-state index contributed by atoms with van der Waals surface area (Å²) in [5.41, 5.74) is 1.85. The van der Waals surface area contributed by atoms with Gasteiger partial charge in [-0.25, -0.2) is 13.6 Å². The molecule has 3 N–H and O–H groups in total. The zero-order valence-electron chi connectivity index (χ0n) is 18.4. The van der Waals surface area contributed by atoms with Crippen molar-refractivity contribution in [1.29, 1.82) is 0 Å². The lowest BCUT2D eigenvalue weighted by molar-refractivity contribution is 0.304. The van der Waals surface area contributed by atoms with E-state index in [9.17, 15) is 8.42 Å². The number of sulfonamides is 1. The Morgan fingerprint density at radius 3 is 2.53 bits per heavy atom. The number of nitrogens with one attached hydrogen (secondary N) is 1. The van der Waals surface area contributed by atoms with Crippen molar-refractivity contribution in [2.45, 2.75) is 58.0 Å². The second-order valence-electron chi connectivity index (χ2n) is 8.73. The largest absolute Gasteiger partial charge is 0.344 e. The lowest BCUT2D eigenvalue weighted by atomic mass is 9.85. The Morgan fingerprint density at radius 1 is 1.12 bits per heavy atom. The number of aliphatic imine (C=N–C) groups is 1. The van der Waals surface area contributed by atoms with Crippen molar-refractivity contribution >= 4 is 28.0 Å². The second kappa shape index (κ2) is 9.58. The number of hydrogen-bond donors (Lipinski definition) is 2. The minimum absolute atomic E-state index is 0.137.